The molecule has 4 rings (SSSR count). The molecule has 2 aromatic heterocycles. The van der Waals surface area contributed by atoms with Crippen LogP contribution in [0.2, 0.25) is 0 Å². The molecule has 0 radical (unpaired) electrons. The Kier molecular flexibility index (Phi) is 4.53. The number of rotatable bonds is 5. The zero-order valence-corrected chi connectivity index (χ0v) is 17.2. The molecule has 0 aliphatic heterocycles. The van der Waals surface area contributed by atoms with Crippen molar-refractivity contribution < 1.29 is 17.4 Å². The summed E-state index contributed by atoms with van der Waals surface area (Å²) in [4.78, 5) is 8.54. The number of aromatic nitrogens is 3. The van der Waals surface area contributed by atoms with Crippen molar-refractivity contribution in [3.63, 3.8) is 0 Å². The van der Waals surface area contributed by atoms with Gasteiger partial charge in [-0.2, -0.15) is 13.2 Å². The SMILES string of the molecule is CCS(=N)(=O)c1cc(C2(C=N)CC2)ccc1-c1nc2cc(C(F)(F)F)cnc2n1C. The molecule has 10 heteroatoms. The van der Waals surface area contributed by atoms with Gasteiger partial charge in [-0.05, 0) is 36.6 Å². The lowest BCUT2D eigenvalue weighted by Crippen LogP contribution is -2.11. The highest BCUT2D eigenvalue weighted by Crippen LogP contribution is 2.47. The topological polar surface area (TPSA) is 95.5 Å². The Labute approximate surface area is 171 Å². The van der Waals surface area contributed by atoms with E-state index in [9.17, 15) is 17.4 Å². The number of pyridine rings is 1. The van der Waals surface area contributed by atoms with Crippen LogP contribution in [0.5, 0.6) is 0 Å². The van der Waals surface area contributed by atoms with E-state index < -0.39 is 21.5 Å². The molecule has 6 nitrogen and oxygen atoms in total. The highest BCUT2D eigenvalue weighted by atomic mass is 32.2. The third kappa shape index (κ3) is 3.19. The van der Waals surface area contributed by atoms with Gasteiger partial charge in [0.05, 0.1) is 20.2 Å². The lowest BCUT2D eigenvalue weighted by Gasteiger charge is -2.16. The molecule has 2 N–H and O–H groups in total. The Hall–Kier alpha value is -2.75. The Morgan fingerprint density at radius 1 is 1.30 bits per heavy atom. The molecular formula is C20H20F3N5OS. The molecule has 30 heavy (non-hydrogen) atoms. The average molecular weight is 435 g/mol. The van der Waals surface area contributed by atoms with Gasteiger partial charge in [0.15, 0.2) is 5.65 Å². The number of benzene rings is 1. The Morgan fingerprint density at radius 3 is 2.57 bits per heavy atom. The second-order valence-corrected chi connectivity index (χ2v) is 9.90. The zero-order chi connectivity index (χ0) is 21.9. The largest absolute Gasteiger partial charge is 0.417 e. The Morgan fingerprint density at radius 2 is 2.00 bits per heavy atom. The van der Waals surface area contributed by atoms with Crippen molar-refractivity contribution >= 4 is 27.1 Å². The highest BCUT2D eigenvalue weighted by molar-refractivity contribution is 7.92. The van der Waals surface area contributed by atoms with Crippen molar-refractivity contribution in [2.24, 2.45) is 7.05 Å². The molecule has 0 bridgehead atoms. The van der Waals surface area contributed by atoms with E-state index in [2.05, 4.69) is 9.97 Å². The second-order valence-electron chi connectivity index (χ2n) is 7.53. The van der Waals surface area contributed by atoms with E-state index in [1.54, 1.807) is 30.7 Å². The van der Waals surface area contributed by atoms with Crippen LogP contribution >= 0.6 is 0 Å². The normalized spacial score (nSPS) is 17.6. The molecule has 0 amide bonds. The van der Waals surface area contributed by atoms with Gasteiger partial charge in [-0.3, -0.25) is 0 Å². The van der Waals surface area contributed by atoms with Crippen LogP contribution in [-0.4, -0.2) is 30.7 Å². The molecule has 2 heterocycles. The maximum Gasteiger partial charge on any atom is 0.417 e. The van der Waals surface area contributed by atoms with Crippen LogP contribution in [0.15, 0.2) is 35.4 Å². The van der Waals surface area contributed by atoms with E-state index in [-0.39, 0.29) is 27.2 Å². The monoisotopic (exact) mass is 435 g/mol. The predicted octanol–water partition coefficient (Wildman–Crippen LogP) is 4.76. The smallest absolute Gasteiger partial charge is 0.312 e. The van der Waals surface area contributed by atoms with Crippen molar-refractivity contribution in [3.8, 4) is 11.4 Å². The van der Waals surface area contributed by atoms with Crippen molar-refractivity contribution in [3.05, 3.63) is 41.6 Å². The van der Waals surface area contributed by atoms with Gasteiger partial charge in [-0.25, -0.2) is 19.0 Å². The first-order valence-corrected chi connectivity index (χ1v) is 11.1. The molecule has 1 atom stereocenters. The Balaban J connectivity index is 1.94. The number of nitrogens with zero attached hydrogens (tertiary/aromatic N) is 3. The minimum Gasteiger partial charge on any atom is -0.312 e. The van der Waals surface area contributed by atoms with Crippen LogP contribution in [0, 0.1) is 10.2 Å². The number of halogens is 3. The average Bonchev–Trinajstić information content (AvgIpc) is 3.45. The summed E-state index contributed by atoms with van der Waals surface area (Å²) in [6.45, 7) is 1.65. The van der Waals surface area contributed by atoms with Gasteiger partial charge in [-0.1, -0.05) is 13.0 Å². The number of fused-ring (bicyclic) bond motifs is 1. The van der Waals surface area contributed by atoms with Crippen molar-refractivity contribution in [1.82, 2.24) is 14.5 Å². The van der Waals surface area contributed by atoms with E-state index >= 15 is 0 Å². The molecule has 1 aliphatic carbocycles. The third-order valence-electron chi connectivity index (χ3n) is 5.66. The molecule has 1 aliphatic rings. The minimum absolute atomic E-state index is 0.0727. The first kappa shape index (κ1) is 20.5. The first-order valence-electron chi connectivity index (χ1n) is 9.35. The van der Waals surface area contributed by atoms with Gasteiger partial charge in [0.1, 0.15) is 11.3 Å². The van der Waals surface area contributed by atoms with E-state index in [1.807, 2.05) is 6.07 Å². The van der Waals surface area contributed by atoms with E-state index in [4.69, 9.17) is 10.2 Å². The van der Waals surface area contributed by atoms with Crippen molar-refractivity contribution in [2.75, 3.05) is 5.75 Å². The summed E-state index contributed by atoms with van der Waals surface area (Å²) >= 11 is 0. The maximum absolute atomic E-state index is 13.1. The maximum atomic E-state index is 13.1. The van der Waals surface area contributed by atoms with Crippen LogP contribution in [0.3, 0.4) is 0 Å². The molecule has 1 fully saturated rings. The quantitative estimate of drug-likeness (QED) is 0.566. The van der Waals surface area contributed by atoms with E-state index in [0.29, 0.717) is 11.4 Å². The zero-order valence-electron chi connectivity index (χ0n) is 16.4. The van der Waals surface area contributed by atoms with Crippen LogP contribution in [0.25, 0.3) is 22.6 Å². The number of alkyl halides is 3. The summed E-state index contributed by atoms with van der Waals surface area (Å²) in [7, 11) is -1.53. The fraction of sp³-hybridized carbons (Fsp3) is 0.350. The predicted molar refractivity (Wildman–Crippen MR) is 108 cm³/mol. The van der Waals surface area contributed by atoms with Crippen LogP contribution in [0.1, 0.15) is 30.9 Å². The molecule has 0 saturated heterocycles. The van der Waals surface area contributed by atoms with E-state index in [1.165, 1.54) is 6.21 Å². The second kappa shape index (κ2) is 6.63. The van der Waals surface area contributed by atoms with Crippen LogP contribution < -0.4 is 0 Å². The molecule has 1 saturated carbocycles. The van der Waals surface area contributed by atoms with Gasteiger partial charge < -0.3 is 9.98 Å². The lowest BCUT2D eigenvalue weighted by atomic mass is 9.96. The Bertz CT molecular complexity index is 1270. The summed E-state index contributed by atoms with van der Waals surface area (Å²) < 4.78 is 62.1. The van der Waals surface area contributed by atoms with Gasteiger partial charge >= 0.3 is 6.18 Å². The van der Waals surface area contributed by atoms with Gasteiger partial charge in [0, 0.05) is 36.2 Å². The lowest BCUT2D eigenvalue weighted by molar-refractivity contribution is -0.137. The minimum atomic E-state index is -4.53. The molecule has 0 spiro atoms. The van der Waals surface area contributed by atoms with Gasteiger partial charge in [0.25, 0.3) is 0 Å². The van der Waals surface area contributed by atoms with Crippen molar-refractivity contribution in [1.29, 1.82) is 10.2 Å². The first-order chi connectivity index (χ1) is 14.0. The number of hydrogen-bond acceptors (Lipinski definition) is 5. The fourth-order valence-electron chi connectivity index (χ4n) is 3.57. The molecule has 1 aromatic carbocycles. The summed E-state index contributed by atoms with van der Waals surface area (Å²) in [6.07, 6.45) is -0.762. The van der Waals surface area contributed by atoms with Gasteiger partial charge in [0.2, 0.25) is 0 Å². The van der Waals surface area contributed by atoms with E-state index in [0.717, 1.165) is 30.7 Å². The third-order valence-corrected chi connectivity index (χ3v) is 7.52. The highest BCUT2D eigenvalue weighted by Gasteiger charge is 2.43. The molecule has 3 aromatic rings. The molecular weight excluding hydrogens is 415 g/mol. The summed E-state index contributed by atoms with van der Waals surface area (Å²) in [5, 5.41) is 7.71. The summed E-state index contributed by atoms with van der Waals surface area (Å²) in [5.74, 6) is 0.382. The summed E-state index contributed by atoms with van der Waals surface area (Å²) in [6, 6.07) is 6.14. The van der Waals surface area contributed by atoms with Crippen LogP contribution in [-0.2, 0) is 28.4 Å². The molecule has 1 unspecified atom stereocenters. The summed E-state index contributed by atoms with van der Waals surface area (Å²) in [5.41, 5.74) is 0.306. The number of aryl methyl sites for hydroxylation is 1. The molecule has 158 valence electrons. The fourth-order valence-corrected chi connectivity index (χ4v) is 4.71. The number of nitrogens with one attached hydrogen (secondary N) is 2. The number of imidazole rings is 1. The number of hydrogen-bond donors (Lipinski definition) is 2. The van der Waals surface area contributed by atoms with Crippen molar-refractivity contribution in [2.45, 2.75) is 36.3 Å². The van der Waals surface area contributed by atoms with Crippen LogP contribution in [0.4, 0.5) is 13.2 Å². The van der Waals surface area contributed by atoms with Gasteiger partial charge in [-0.15, -0.1) is 0 Å². The standard InChI is InChI=1S/C20H20F3N5OS/c1-3-30(25,29)16-9-12(19(11-24)6-7-19)4-5-14(16)17-27-15-8-13(20(21,22)23)10-26-18(15)28(17)2/h4-5,8-11,24-25H,3,6-7H2,1-2H3.